The van der Waals surface area contributed by atoms with E-state index in [-0.39, 0.29) is 0 Å². The van der Waals surface area contributed by atoms with E-state index >= 15 is 0 Å². The summed E-state index contributed by atoms with van der Waals surface area (Å²) in [4.78, 5) is 3.89. The fraction of sp³-hybridized carbons (Fsp3) is 0.600. The number of hydrogen-bond acceptors (Lipinski definition) is 3. The first-order valence-electron chi connectivity index (χ1n) is 6.90. The lowest BCUT2D eigenvalue weighted by Crippen LogP contribution is -2.36. The van der Waals surface area contributed by atoms with Crippen molar-refractivity contribution in [3.63, 3.8) is 0 Å². The number of aryl methyl sites for hydroxylation is 1. The third kappa shape index (κ3) is 4.63. The molecule has 1 fully saturated rings. The number of hydrogen-bond donors (Lipinski definition) is 0. The van der Waals surface area contributed by atoms with Crippen molar-refractivity contribution in [1.29, 1.82) is 0 Å². The molecule has 0 atom stereocenters. The van der Waals surface area contributed by atoms with Crippen molar-refractivity contribution in [2.45, 2.75) is 24.7 Å². The predicted octanol–water partition coefficient (Wildman–Crippen LogP) is 3.06. The van der Waals surface area contributed by atoms with Crippen molar-refractivity contribution in [3.8, 4) is 0 Å². The summed E-state index contributed by atoms with van der Waals surface area (Å²) < 4.78 is 5.36. The quantitative estimate of drug-likeness (QED) is 0.734. The topological polar surface area (TPSA) is 12.5 Å². The number of benzene rings is 1. The highest BCUT2D eigenvalue weighted by molar-refractivity contribution is 7.99. The molecular formula is C15H23NOS. The number of thioether (sulfide) groups is 1. The predicted molar refractivity (Wildman–Crippen MR) is 78.4 cm³/mol. The third-order valence-corrected chi connectivity index (χ3v) is 4.17. The maximum Gasteiger partial charge on any atom is 0.0594 e. The molecule has 1 aromatic carbocycles. The van der Waals surface area contributed by atoms with Crippen LogP contribution in [0.1, 0.15) is 18.9 Å². The Bertz CT molecular complexity index is 333. The fourth-order valence-electron chi connectivity index (χ4n) is 2.25. The van der Waals surface area contributed by atoms with E-state index in [4.69, 9.17) is 4.74 Å². The van der Waals surface area contributed by atoms with Gasteiger partial charge in [-0.2, -0.15) is 0 Å². The van der Waals surface area contributed by atoms with Crippen LogP contribution in [0.3, 0.4) is 0 Å². The molecule has 2 nitrogen and oxygen atoms in total. The van der Waals surface area contributed by atoms with Crippen LogP contribution in [0.15, 0.2) is 29.2 Å². The highest BCUT2D eigenvalue weighted by atomic mass is 32.2. The number of morpholine rings is 1. The molecule has 0 N–H and O–H groups in total. The maximum absolute atomic E-state index is 5.36. The highest BCUT2D eigenvalue weighted by Gasteiger charge is 2.09. The minimum absolute atomic E-state index is 0.906. The van der Waals surface area contributed by atoms with Crippen LogP contribution >= 0.6 is 11.8 Å². The lowest BCUT2D eigenvalue weighted by molar-refractivity contribution is 0.0375. The Hall–Kier alpha value is -0.510. The van der Waals surface area contributed by atoms with Crippen LogP contribution in [0, 0.1) is 0 Å². The molecule has 0 unspecified atom stereocenters. The van der Waals surface area contributed by atoms with Gasteiger partial charge in [-0.15, -0.1) is 11.8 Å². The van der Waals surface area contributed by atoms with Gasteiger partial charge >= 0.3 is 0 Å². The van der Waals surface area contributed by atoms with Crippen molar-refractivity contribution in [2.75, 3.05) is 38.6 Å². The van der Waals surface area contributed by atoms with Crippen molar-refractivity contribution in [1.82, 2.24) is 4.90 Å². The minimum Gasteiger partial charge on any atom is -0.379 e. The minimum atomic E-state index is 0.906. The zero-order valence-corrected chi connectivity index (χ0v) is 12.0. The molecule has 18 heavy (non-hydrogen) atoms. The molecule has 0 aromatic heterocycles. The highest BCUT2D eigenvalue weighted by Crippen LogP contribution is 2.18. The zero-order valence-electron chi connectivity index (χ0n) is 11.2. The van der Waals surface area contributed by atoms with E-state index in [9.17, 15) is 0 Å². The summed E-state index contributed by atoms with van der Waals surface area (Å²) in [7, 11) is 0. The van der Waals surface area contributed by atoms with E-state index in [1.54, 1.807) is 0 Å². The van der Waals surface area contributed by atoms with Crippen LogP contribution in [0.5, 0.6) is 0 Å². The molecule has 0 radical (unpaired) electrons. The van der Waals surface area contributed by atoms with Crippen molar-refractivity contribution < 1.29 is 4.74 Å². The second-order valence-electron chi connectivity index (χ2n) is 4.63. The van der Waals surface area contributed by atoms with Gasteiger partial charge in [0.15, 0.2) is 0 Å². The molecule has 0 amide bonds. The summed E-state index contributed by atoms with van der Waals surface area (Å²) in [5.41, 5.74) is 1.46. The molecular weight excluding hydrogens is 242 g/mol. The summed E-state index contributed by atoms with van der Waals surface area (Å²) in [6.45, 7) is 7.42. The molecule has 1 aromatic rings. The van der Waals surface area contributed by atoms with E-state index in [0.29, 0.717) is 0 Å². The molecule has 0 saturated carbocycles. The van der Waals surface area contributed by atoms with Gasteiger partial charge in [-0.3, -0.25) is 4.90 Å². The van der Waals surface area contributed by atoms with E-state index < -0.39 is 0 Å². The molecule has 3 heteroatoms. The standard InChI is InChI=1S/C15H23NOS/c1-2-18-15-7-5-14(6-8-15)4-3-9-16-10-12-17-13-11-16/h5-8H,2-4,9-13H2,1H3. The van der Waals surface area contributed by atoms with Gasteiger partial charge in [0, 0.05) is 18.0 Å². The Morgan fingerprint density at radius 3 is 2.56 bits per heavy atom. The van der Waals surface area contributed by atoms with Crippen molar-refractivity contribution in [3.05, 3.63) is 29.8 Å². The molecule has 1 saturated heterocycles. The van der Waals surface area contributed by atoms with Gasteiger partial charge < -0.3 is 4.74 Å². The molecule has 100 valence electrons. The number of ether oxygens (including phenoxy) is 1. The normalized spacial score (nSPS) is 16.9. The zero-order chi connectivity index (χ0) is 12.6. The van der Waals surface area contributed by atoms with Crippen molar-refractivity contribution >= 4 is 11.8 Å². The Kier molecular flexibility index (Phi) is 6.05. The lowest BCUT2D eigenvalue weighted by atomic mass is 10.1. The first kappa shape index (κ1) is 13.9. The average molecular weight is 265 g/mol. The summed E-state index contributed by atoms with van der Waals surface area (Å²) >= 11 is 1.91. The molecule has 1 aliphatic rings. The molecule has 1 aliphatic heterocycles. The van der Waals surface area contributed by atoms with Crippen LogP contribution in [-0.2, 0) is 11.2 Å². The monoisotopic (exact) mass is 265 g/mol. The van der Waals surface area contributed by atoms with Crippen molar-refractivity contribution in [2.24, 2.45) is 0 Å². The largest absolute Gasteiger partial charge is 0.379 e. The molecule has 0 spiro atoms. The number of rotatable bonds is 6. The first-order valence-corrected chi connectivity index (χ1v) is 7.89. The second-order valence-corrected chi connectivity index (χ2v) is 5.97. The van der Waals surface area contributed by atoms with Gasteiger partial charge in [-0.05, 0) is 42.8 Å². The summed E-state index contributed by atoms with van der Waals surface area (Å²) in [5.74, 6) is 1.15. The number of nitrogens with zero attached hydrogens (tertiary/aromatic N) is 1. The average Bonchev–Trinajstić information content (AvgIpc) is 2.42. The van der Waals surface area contributed by atoms with Crippen LogP contribution < -0.4 is 0 Å². The summed E-state index contributed by atoms with van der Waals surface area (Å²) in [6.07, 6.45) is 2.44. The van der Waals surface area contributed by atoms with Crippen LogP contribution in [0.4, 0.5) is 0 Å². The van der Waals surface area contributed by atoms with Gasteiger partial charge in [0.25, 0.3) is 0 Å². The van der Waals surface area contributed by atoms with Gasteiger partial charge in [0.1, 0.15) is 0 Å². The van der Waals surface area contributed by atoms with Gasteiger partial charge in [-0.1, -0.05) is 19.1 Å². The smallest absolute Gasteiger partial charge is 0.0594 e. The third-order valence-electron chi connectivity index (χ3n) is 3.28. The SMILES string of the molecule is CCSc1ccc(CCCN2CCOCC2)cc1. The van der Waals surface area contributed by atoms with E-state index in [0.717, 1.165) is 32.1 Å². The molecule has 2 rings (SSSR count). The fourth-order valence-corrected chi connectivity index (χ4v) is 2.91. The van der Waals surface area contributed by atoms with Gasteiger partial charge in [-0.25, -0.2) is 0 Å². The Morgan fingerprint density at radius 2 is 1.89 bits per heavy atom. The van der Waals surface area contributed by atoms with E-state index in [1.165, 1.54) is 29.8 Å². The van der Waals surface area contributed by atoms with Gasteiger partial charge in [0.05, 0.1) is 13.2 Å². The molecule has 0 bridgehead atoms. The Morgan fingerprint density at radius 1 is 1.17 bits per heavy atom. The Balaban J connectivity index is 1.69. The van der Waals surface area contributed by atoms with Crippen LogP contribution in [-0.4, -0.2) is 43.5 Å². The van der Waals surface area contributed by atoms with Gasteiger partial charge in [0.2, 0.25) is 0 Å². The second kappa shape index (κ2) is 7.82. The van der Waals surface area contributed by atoms with E-state index in [1.807, 2.05) is 11.8 Å². The van der Waals surface area contributed by atoms with E-state index in [2.05, 4.69) is 36.1 Å². The summed E-state index contributed by atoms with van der Waals surface area (Å²) in [6, 6.07) is 9.05. The van der Waals surface area contributed by atoms with Crippen LogP contribution in [0.25, 0.3) is 0 Å². The maximum atomic E-state index is 5.36. The summed E-state index contributed by atoms with van der Waals surface area (Å²) in [5, 5.41) is 0. The Labute approximate surface area is 115 Å². The molecule has 0 aliphatic carbocycles. The van der Waals surface area contributed by atoms with Crippen LogP contribution in [0.2, 0.25) is 0 Å². The molecule has 1 heterocycles. The first-order chi connectivity index (χ1) is 8.88. The lowest BCUT2D eigenvalue weighted by Gasteiger charge is -2.26.